The van der Waals surface area contributed by atoms with E-state index in [1.54, 1.807) is 0 Å². The summed E-state index contributed by atoms with van der Waals surface area (Å²) in [5.41, 5.74) is 0.931. The number of carbonyl (C=O) groups excluding carboxylic acids is 1. The van der Waals surface area contributed by atoms with Gasteiger partial charge in [0.1, 0.15) is 0 Å². The number of carboxylic acid groups (broad SMARTS) is 1. The molecule has 1 aromatic rings. The van der Waals surface area contributed by atoms with Crippen molar-refractivity contribution < 1.29 is 27.9 Å². The number of alkyl halides is 3. The van der Waals surface area contributed by atoms with E-state index in [0.717, 1.165) is 12.0 Å². The van der Waals surface area contributed by atoms with Gasteiger partial charge in [0, 0.05) is 13.1 Å². The van der Waals surface area contributed by atoms with Crippen molar-refractivity contribution in [1.29, 1.82) is 0 Å². The van der Waals surface area contributed by atoms with Crippen LogP contribution in [0.2, 0.25) is 0 Å². The van der Waals surface area contributed by atoms with Gasteiger partial charge >= 0.3 is 12.1 Å². The van der Waals surface area contributed by atoms with E-state index >= 15 is 0 Å². The van der Waals surface area contributed by atoms with Crippen LogP contribution >= 0.6 is 0 Å². The van der Waals surface area contributed by atoms with Crippen LogP contribution in [0.25, 0.3) is 0 Å². The predicted octanol–water partition coefficient (Wildman–Crippen LogP) is 2.84. The van der Waals surface area contributed by atoms with Crippen molar-refractivity contribution >= 4 is 11.9 Å². The lowest BCUT2D eigenvalue weighted by atomic mass is 9.96. The lowest BCUT2D eigenvalue weighted by Gasteiger charge is -2.21. The molecule has 0 radical (unpaired) electrons. The van der Waals surface area contributed by atoms with E-state index in [1.807, 2.05) is 37.3 Å². The Labute approximate surface area is 150 Å². The van der Waals surface area contributed by atoms with E-state index < -0.39 is 36.4 Å². The molecule has 0 aliphatic carbocycles. The number of hydrogen-bond acceptors (Lipinski definition) is 3. The Kier molecular flexibility index (Phi) is 6.63. The Morgan fingerprint density at radius 3 is 2.42 bits per heavy atom. The first-order valence-corrected chi connectivity index (χ1v) is 8.58. The number of carbonyl (C=O) groups is 2. The van der Waals surface area contributed by atoms with E-state index in [4.69, 9.17) is 5.11 Å². The van der Waals surface area contributed by atoms with Crippen molar-refractivity contribution in [2.75, 3.05) is 19.6 Å². The second-order valence-electron chi connectivity index (χ2n) is 6.61. The molecule has 0 bridgehead atoms. The van der Waals surface area contributed by atoms with Crippen LogP contribution in [0.3, 0.4) is 0 Å². The fourth-order valence-corrected chi connectivity index (χ4v) is 3.34. The van der Waals surface area contributed by atoms with Crippen molar-refractivity contribution in [1.82, 2.24) is 10.2 Å². The number of halogens is 3. The molecule has 0 spiro atoms. The average molecular weight is 372 g/mol. The van der Waals surface area contributed by atoms with Gasteiger partial charge in [0.15, 0.2) is 0 Å². The Bertz CT molecular complexity index is 622. The highest BCUT2D eigenvalue weighted by atomic mass is 19.4. The number of amides is 1. The van der Waals surface area contributed by atoms with E-state index in [9.17, 15) is 22.8 Å². The third kappa shape index (κ3) is 5.20. The zero-order chi connectivity index (χ0) is 19.3. The van der Waals surface area contributed by atoms with Crippen LogP contribution in [0.4, 0.5) is 13.2 Å². The van der Waals surface area contributed by atoms with Crippen LogP contribution in [0, 0.1) is 11.8 Å². The second kappa shape index (κ2) is 8.53. The van der Waals surface area contributed by atoms with Crippen LogP contribution in [0.5, 0.6) is 0 Å². The molecular formula is C18H23F3N2O3. The summed E-state index contributed by atoms with van der Waals surface area (Å²) in [7, 11) is 0. The molecule has 3 atom stereocenters. The topological polar surface area (TPSA) is 69.6 Å². The van der Waals surface area contributed by atoms with Crippen LogP contribution in [0.15, 0.2) is 30.3 Å². The molecule has 1 fully saturated rings. The molecular weight excluding hydrogens is 349 g/mol. The predicted molar refractivity (Wildman–Crippen MR) is 89.3 cm³/mol. The molecule has 144 valence electrons. The summed E-state index contributed by atoms with van der Waals surface area (Å²) in [4.78, 5) is 24.7. The lowest BCUT2D eigenvalue weighted by molar-refractivity contribution is -0.188. The largest absolute Gasteiger partial charge is 0.481 e. The van der Waals surface area contributed by atoms with Gasteiger partial charge < -0.3 is 10.4 Å². The SMILES string of the molecule is CCCC(NC(=O)CN1C[C@@H](C(F)(F)F)[C@H](C(=O)O)C1)c1ccccc1. The summed E-state index contributed by atoms with van der Waals surface area (Å²) in [6.07, 6.45) is -3.05. The second-order valence-corrected chi connectivity index (χ2v) is 6.61. The standard InChI is InChI=1S/C18H23F3N2O3/c1-2-6-15(12-7-4-3-5-8-12)22-16(24)11-23-9-13(17(25)26)14(10-23)18(19,20)21/h3-5,7-8,13-15H,2,6,9-11H2,1H3,(H,22,24)(H,25,26)/t13-,14-,15?/m1/s1. The Balaban J connectivity index is 1.99. The number of aliphatic carboxylic acids is 1. The first kappa shape index (κ1) is 20.2. The fourth-order valence-electron chi connectivity index (χ4n) is 3.34. The average Bonchev–Trinajstić information content (AvgIpc) is 2.99. The van der Waals surface area contributed by atoms with Crippen molar-refractivity contribution in [3.8, 4) is 0 Å². The molecule has 0 saturated carbocycles. The van der Waals surface area contributed by atoms with E-state index in [0.29, 0.717) is 6.42 Å². The third-order valence-corrected chi connectivity index (χ3v) is 4.61. The van der Waals surface area contributed by atoms with Gasteiger partial charge in [0.2, 0.25) is 5.91 Å². The molecule has 5 nitrogen and oxygen atoms in total. The number of rotatable bonds is 7. The minimum Gasteiger partial charge on any atom is -0.481 e. The Morgan fingerprint density at radius 1 is 1.27 bits per heavy atom. The minimum absolute atomic E-state index is 0.218. The van der Waals surface area contributed by atoms with Gasteiger partial charge in [-0.1, -0.05) is 43.7 Å². The van der Waals surface area contributed by atoms with Gasteiger partial charge in [0.05, 0.1) is 24.4 Å². The quantitative estimate of drug-likeness (QED) is 0.772. The molecule has 1 unspecified atom stereocenters. The van der Waals surface area contributed by atoms with Crippen LogP contribution in [-0.2, 0) is 9.59 Å². The number of nitrogens with zero attached hydrogens (tertiary/aromatic N) is 1. The summed E-state index contributed by atoms with van der Waals surface area (Å²) < 4.78 is 39.1. The summed E-state index contributed by atoms with van der Waals surface area (Å²) in [5, 5.41) is 11.9. The Hall–Kier alpha value is -2.09. The number of hydrogen-bond donors (Lipinski definition) is 2. The van der Waals surface area contributed by atoms with Crippen molar-refractivity contribution in [2.24, 2.45) is 11.8 Å². The zero-order valence-corrected chi connectivity index (χ0v) is 14.5. The first-order chi connectivity index (χ1) is 12.2. The number of likely N-dealkylation sites (tertiary alicyclic amines) is 1. The van der Waals surface area contributed by atoms with Crippen LogP contribution < -0.4 is 5.32 Å². The number of nitrogens with one attached hydrogen (secondary N) is 1. The number of benzene rings is 1. The molecule has 1 amide bonds. The monoisotopic (exact) mass is 372 g/mol. The van der Waals surface area contributed by atoms with Crippen molar-refractivity contribution in [3.63, 3.8) is 0 Å². The molecule has 1 aliphatic rings. The minimum atomic E-state index is -4.59. The molecule has 1 aliphatic heterocycles. The maximum atomic E-state index is 13.0. The molecule has 2 rings (SSSR count). The summed E-state index contributed by atoms with van der Waals surface area (Å²) >= 11 is 0. The van der Waals surface area contributed by atoms with E-state index in [-0.39, 0.29) is 19.1 Å². The summed E-state index contributed by atoms with van der Waals surface area (Å²) in [5.74, 6) is -5.38. The molecule has 1 aromatic carbocycles. The molecule has 8 heteroatoms. The van der Waals surface area contributed by atoms with Gasteiger partial charge in [-0.25, -0.2) is 0 Å². The fraction of sp³-hybridized carbons (Fsp3) is 0.556. The molecule has 26 heavy (non-hydrogen) atoms. The molecule has 1 saturated heterocycles. The highest BCUT2D eigenvalue weighted by Crippen LogP contribution is 2.37. The van der Waals surface area contributed by atoms with Crippen molar-refractivity contribution in [3.05, 3.63) is 35.9 Å². The molecule has 0 aromatic heterocycles. The van der Waals surface area contributed by atoms with Gasteiger partial charge in [0.25, 0.3) is 0 Å². The molecule has 1 heterocycles. The zero-order valence-electron chi connectivity index (χ0n) is 14.5. The van der Waals surface area contributed by atoms with Gasteiger partial charge in [-0.3, -0.25) is 14.5 Å². The summed E-state index contributed by atoms with van der Waals surface area (Å²) in [6.45, 7) is 0.978. The van der Waals surface area contributed by atoms with Crippen LogP contribution in [-0.4, -0.2) is 47.7 Å². The van der Waals surface area contributed by atoms with Gasteiger partial charge in [-0.2, -0.15) is 13.2 Å². The first-order valence-electron chi connectivity index (χ1n) is 8.58. The maximum absolute atomic E-state index is 13.0. The molecule has 2 N–H and O–H groups in total. The lowest BCUT2D eigenvalue weighted by Crippen LogP contribution is -2.38. The highest BCUT2D eigenvalue weighted by Gasteiger charge is 2.52. The smallest absolute Gasteiger partial charge is 0.393 e. The van der Waals surface area contributed by atoms with Crippen LogP contribution in [0.1, 0.15) is 31.4 Å². The number of carboxylic acids is 1. The van der Waals surface area contributed by atoms with E-state index in [1.165, 1.54) is 4.90 Å². The normalized spacial score (nSPS) is 22.2. The highest BCUT2D eigenvalue weighted by molar-refractivity contribution is 5.79. The Morgan fingerprint density at radius 2 is 1.92 bits per heavy atom. The summed E-state index contributed by atoms with van der Waals surface area (Å²) in [6, 6.07) is 9.13. The van der Waals surface area contributed by atoms with Gasteiger partial charge in [-0.05, 0) is 12.0 Å². The van der Waals surface area contributed by atoms with E-state index in [2.05, 4.69) is 5.32 Å². The third-order valence-electron chi connectivity index (χ3n) is 4.61. The van der Waals surface area contributed by atoms with Gasteiger partial charge in [-0.15, -0.1) is 0 Å². The van der Waals surface area contributed by atoms with Crippen molar-refractivity contribution in [2.45, 2.75) is 32.0 Å². The maximum Gasteiger partial charge on any atom is 0.393 e.